The van der Waals surface area contributed by atoms with Gasteiger partial charge >= 0.3 is 0 Å². The highest BCUT2D eigenvalue weighted by Crippen LogP contribution is 2.25. The number of carbonyl (C=O) groups is 1. The summed E-state index contributed by atoms with van der Waals surface area (Å²) in [5, 5.41) is 1.96. The molecule has 1 amide bonds. The molecule has 1 saturated heterocycles. The van der Waals surface area contributed by atoms with Crippen molar-refractivity contribution in [2.45, 2.75) is 6.42 Å². The molecule has 0 unspecified atom stereocenters. The summed E-state index contributed by atoms with van der Waals surface area (Å²) < 4.78 is 28.3. The van der Waals surface area contributed by atoms with E-state index >= 15 is 0 Å². The number of thiazole rings is 1. The number of hydrogen-bond donors (Lipinski definition) is 0. The molecule has 0 bridgehead atoms. The van der Waals surface area contributed by atoms with Gasteiger partial charge in [0.25, 0.3) is 0 Å². The fourth-order valence-corrected chi connectivity index (χ4v) is 4.72. The maximum absolute atomic E-state index is 13.2. The van der Waals surface area contributed by atoms with Crippen LogP contribution in [0, 0.1) is 11.6 Å². The maximum Gasteiger partial charge on any atom is 0.228 e. The third kappa shape index (κ3) is 4.03. The molecule has 4 aromatic rings. The average molecular weight is 439 g/mol. The number of piperazine rings is 1. The lowest BCUT2D eigenvalue weighted by atomic mass is 10.2. The first-order valence-electron chi connectivity index (χ1n) is 10.1. The van der Waals surface area contributed by atoms with Gasteiger partial charge in [0.15, 0.2) is 4.96 Å². The van der Waals surface area contributed by atoms with E-state index in [0.29, 0.717) is 19.5 Å². The predicted octanol–water partition coefficient (Wildman–Crippen LogP) is 4.23. The summed E-state index contributed by atoms with van der Waals surface area (Å²) in [5.41, 5.74) is 3.46. The fraction of sp³-hybridized carbons (Fsp3) is 0.217. The van der Waals surface area contributed by atoms with Crippen LogP contribution < -0.4 is 4.90 Å². The van der Waals surface area contributed by atoms with E-state index in [4.69, 9.17) is 0 Å². The van der Waals surface area contributed by atoms with E-state index in [9.17, 15) is 13.6 Å². The van der Waals surface area contributed by atoms with Gasteiger partial charge in [-0.3, -0.25) is 9.20 Å². The maximum atomic E-state index is 13.2. The Balaban J connectivity index is 1.25. The van der Waals surface area contributed by atoms with E-state index in [1.807, 2.05) is 20.9 Å². The van der Waals surface area contributed by atoms with Crippen molar-refractivity contribution < 1.29 is 13.6 Å². The Morgan fingerprint density at radius 3 is 2.26 bits per heavy atom. The lowest BCUT2D eigenvalue weighted by Crippen LogP contribution is -2.49. The fourth-order valence-electron chi connectivity index (χ4n) is 3.85. The molecule has 1 aliphatic heterocycles. The van der Waals surface area contributed by atoms with Crippen molar-refractivity contribution >= 4 is 27.9 Å². The van der Waals surface area contributed by atoms with Gasteiger partial charge in [0.1, 0.15) is 11.6 Å². The standard InChI is InChI=1S/C23H20F2N4OS/c24-17-3-1-16(2-4-17)21-14-29-20(15-31-23(29)26-21)13-22(30)28-11-9-27(10-12-28)19-7-5-18(25)6-8-19/h1-8,14-15H,9-13H2. The number of rotatable bonds is 4. The van der Waals surface area contributed by atoms with Crippen molar-refractivity contribution in [3.63, 3.8) is 0 Å². The molecule has 0 atom stereocenters. The van der Waals surface area contributed by atoms with Crippen LogP contribution in [0.25, 0.3) is 16.2 Å². The molecular formula is C23H20F2N4OS. The number of imidazole rings is 1. The number of benzene rings is 2. The molecule has 5 rings (SSSR count). The highest BCUT2D eigenvalue weighted by Gasteiger charge is 2.22. The van der Waals surface area contributed by atoms with Crippen LogP contribution in [0.15, 0.2) is 60.1 Å². The molecule has 1 aliphatic rings. The minimum absolute atomic E-state index is 0.0792. The second-order valence-corrected chi connectivity index (χ2v) is 8.37. The molecular weight excluding hydrogens is 418 g/mol. The number of hydrogen-bond acceptors (Lipinski definition) is 4. The van der Waals surface area contributed by atoms with Crippen LogP contribution in [0.3, 0.4) is 0 Å². The molecule has 0 N–H and O–H groups in total. The van der Waals surface area contributed by atoms with Crippen molar-refractivity contribution in [3.8, 4) is 11.3 Å². The Kier molecular flexibility index (Phi) is 5.15. The summed E-state index contributed by atoms with van der Waals surface area (Å²) in [6.07, 6.45) is 2.20. The first-order chi connectivity index (χ1) is 15.1. The van der Waals surface area contributed by atoms with E-state index < -0.39 is 0 Å². The Hall–Kier alpha value is -3.26. The number of amides is 1. The summed E-state index contributed by atoms with van der Waals surface area (Å²) >= 11 is 1.49. The third-order valence-corrected chi connectivity index (χ3v) is 6.47. The van der Waals surface area contributed by atoms with Gasteiger partial charge in [0.05, 0.1) is 12.1 Å². The van der Waals surface area contributed by atoms with Gasteiger partial charge < -0.3 is 9.80 Å². The van der Waals surface area contributed by atoms with Gasteiger partial charge in [-0.05, 0) is 48.5 Å². The predicted molar refractivity (Wildman–Crippen MR) is 117 cm³/mol. The normalized spacial score (nSPS) is 14.4. The molecule has 0 radical (unpaired) electrons. The van der Waals surface area contributed by atoms with E-state index in [1.165, 1.54) is 35.6 Å². The number of fused-ring (bicyclic) bond motifs is 1. The first kappa shape index (κ1) is 19.7. The molecule has 8 heteroatoms. The van der Waals surface area contributed by atoms with Crippen LogP contribution in [0.2, 0.25) is 0 Å². The average Bonchev–Trinajstić information content (AvgIpc) is 3.37. The molecule has 0 aliphatic carbocycles. The van der Waals surface area contributed by atoms with Crippen molar-refractivity contribution in [2.75, 3.05) is 31.1 Å². The van der Waals surface area contributed by atoms with E-state index in [1.54, 1.807) is 24.3 Å². The lowest BCUT2D eigenvalue weighted by molar-refractivity contribution is -0.130. The molecule has 2 aromatic carbocycles. The summed E-state index contributed by atoms with van der Waals surface area (Å²) in [4.78, 5) is 22.4. The molecule has 5 nitrogen and oxygen atoms in total. The number of aromatic nitrogens is 2. The Morgan fingerprint density at radius 2 is 1.58 bits per heavy atom. The zero-order valence-electron chi connectivity index (χ0n) is 16.7. The van der Waals surface area contributed by atoms with Crippen LogP contribution in [-0.2, 0) is 11.2 Å². The van der Waals surface area contributed by atoms with E-state index in [2.05, 4.69) is 9.88 Å². The summed E-state index contributed by atoms with van der Waals surface area (Å²) in [5.74, 6) is -0.451. The number of anilines is 1. The van der Waals surface area contributed by atoms with E-state index in [0.717, 1.165) is 40.7 Å². The summed E-state index contributed by atoms with van der Waals surface area (Å²) in [6.45, 7) is 2.70. The van der Waals surface area contributed by atoms with Gasteiger partial charge in [-0.25, -0.2) is 13.8 Å². The molecule has 0 spiro atoms. The first-order valence-corrected chi connectivity index (χ1v) is 10.9. The quantitative estimate of drug-likeness (QED) is 0.479. The highest BCUT2D eigenvalue weighted by molar-refractivity contribution is 7.15. The number of halogens is 2. The number of nitrogens with zero attached hydrogens (tertiary/aromatic N) is 4. The Labute approximate surface area is 182 Å². The molecule has 3 heterocycles. The highest BCUT2D eigenvalue weighted by atomic mass is 32.1. The van der Waals surface area contributed by atoms with Gasteiger partial charge in [-0.2, -0.15) is 0 Å². The monoisotopic (exact) mass is 438 g/mol. The Bertz CT molecular complexity index is 1210. The minimum Gasteiger partial charge on any atom is -0.368 e. The van der Waals surface area contributed by atoms with Crippen LogP contribution in [0.5, 0.6) is 0 Å². The Morgan fingerprint density at radius 1 is 0.935 bits per heavy atom. The minimum atomic E-state index is -0.282. The molecule has 31 heavy (non-hydrogen) atoms. The summed E-state index contributed by atoms with van der Waals surface area (Å²) in [7, 11) is 0. The van der Waals surface area contributed by atoms with Crippen molar-refractivity contribution in [1.29, 1.82) is 0 Å². The van der Waals surface area contributed by atoms with Crippen LogP contribution in [-0.4, -0.2) is 46.4 Å². The van der Waals surface area contributed by atoms with Gasteiger partial charge in [0, 0.05) is 54.7 Å². The van der Waals surface area contributed by atoms with Gasteiger partial charge in [-0.1, -0.05) is 0 Å². The zero-order chi connectivity index (χ0) is 21.4. The van der Waals surface area contributed by atoms with Crippen LogP contribution in [0.4, 0.5) is 14.5 Å². The molecule has 2 aromatic heterocycles. The smallest absolute Gasteiger partial charge is 0.228 e. The molecule has 1 fully saturated rings. The second kappa shape index (κ2) is 8.11. The molecule has 0 saturated carbocycles. The van der Waals surface area contributed by atoms with Gasteiger partial charge in [0.2, 0.25) is 5.91 Å². The molecule has 158 valence electrons. The van der Waals surface area contributed by atoms with Crippen molar-refractivity contribution in [2.24, 2.45) is 0 Å². The third-order valence-electron chi connectivity index (χ3n) is 5.58. The number of carbonyl (C=O) groups excluding carboxylic acids is 1. The largest absolute Gasteiger partial charge is 0.368 e. The summed E-state index contributed by atoms with van der Waals surface area (Å²) in [6, 6.07) is 12.7. The lowest BCUT2D eigenvalue weighted by Gasteiger charge is -2.36. The van der Waals surface area contributed by atoms with E-state index in [-0.39, 0.29) is 17.5 Å². The van der Waals surface area contributed by atoms with Crippen LogP contribution >= 0.6 is 11.3 Å². The topological polar surface area (TPSA) is 40.9 Å². The van der Waals surface area contributed by atoms with Crippen molar-refractivity contribution in [1.82, 2.24) is 14.3 Å². The second-order valence-electron chi connectivity index (χ2n) is 7.53. The van der Waals surface area contributed by atoms with Crippen LogP contribution in [0.1, 0.15) is 5.69 Å². The van der Waals surface area contributed by atoms with Crippen molar-refractivity contribution in [3.05, 3.63) is 77.4 Å². The zero-order valence-corrected chi connectivity index (χ0v) is 17.5. The van der Waals surface area contributed by atoms with Gasteiger partial charge in [-0.15, -0.1) is 11.3 Å². The SMILES string of the molecule is O=C(Cc1csc2nc(-c3ccc(F)cc3)cn12)N1CCN(c2ccc(F)cc2)CC1.